The molecule has 0 radical (unpaired) electrons. The van der Waals surface area contributed by atoms with E-state index in [9.17, 15) is 8.42 Å². The zero-order chi connectivity index (χ0) is 12.9. The second-order valence-electron chi connectivity index (χ2n) is 3.51. The Labute approximate surface area is 102 Å². The molecule has 0 saturated carbocycles. The van der Waals surface area contributed by atoms with E-state index >= 15 is 0 Å². The third kappa shape index (κ3) is 3.56. The zero-order valence-corrected chi connectivity index (χ0v) is 10.8. The van der Waals surface area contributed by atoms with E-state index in [0.717, 1.165) is 5.56 Å². The van der Waals surface area contributed by atoms with Gasteiger partial charge in [-0.2, -0.15) is 0 Å². The monoisotopic (exact) mass is 252 g/mol. The van der Waals surface area contributed by atoms with Crippen LogP contribution in [0.3, 0.4) is 0 Å². The van der Waals surface area contributed by atoms with Crippen LogP contribution in [0.2, 0.25) is 0 Å². The van der Waals surface area contributed by atoms with E-state index in [1.165, 1.54) is 0 Å². The maximum atomic E-state index is 11.9. The van der Waals surface area contributed by atoms with E-state index in [1.807, 2.05) is 6.92 Å². The lowest BCUT2D eigenvalue weighted by atomic mass is 10.1. The van der Waals surface area contributed by atoms with Crippen molar-refractivity contribution in [2.75, 3.05) is 13.1 Å². The molecule has 0 aliphatic carbocycles. The average molecular weight is 252 g/mol. The van der Waals surface area contributed by atoms with Crippen LogP contribution in [0.15, 0.2) is 23.1 Å². The fraction of sp³-hybridized carbons (Fsp3) is 0.333. The first-order valence-corrected chi connectivity index (χ1v) is 6.79. The lowest BCUT2D eigenvalue weighted by molar-refractivity contribution is 0.583. The van der Waals surface area contributed by atoms with Gasteiger partial charge in [-0.1, -0.05) is 24.8 Å². The highest BCUT2D eigenvalue weighted by molar-refractivity contribution is 7.89. The summed E-state index contributed by atoms with van der Waals surface area (Å²) >= 11 is 0. The van der Waals surface area contributed by atoms with Crippen molar-refractivity contribution in [1.29, 1.82) is 0 Å². The van der Waals surface area contributed by atoms with Crippen molar-refractivity contribution in [2.45, 2.75) is 18.7 Å². The minimum Gasteiger partial charge on any atom is -0.320 e. The number of sulfonamides is 1. The van der Waals surface area contributed by atoms with Gasteiger partial charge in [-0.3, -0.25) is 0 Å². The molecule has 5 heteroatoms. The average Bonchev–Trinajstić information content (AvgIpc) is 2.26. The third-order valence-electron chi connectivity index (χ3n) is 2.08. The Bertz CT molecular complexity index is 554. The summed E-state index contributed by atoms with van der Waals surface area (Å²) < 4.78 is 26.3. The number of hydrogen-bond acceptors (Lipinski definition) is 3. The third-order valence-corrected chi connectivity index (χ3v) is 3.69. The van der Waals surface area contributed by atoms with Gasteiger partial charge >= 0.3 is 0 Å². The molecule has 0 aliphatic heterocycles. The first kappa shape index (κ1) is 13.7. The molecule has 0 atom stereocenters. The minimum atomic E-state index is -3.48. The number of benzene rings is 1. The smallest absolute Gasteiger partial charge is 0.241 e. The number of nitrogens with two attached hydrogens (primary N) is 1. The Kier molecular flexibility index (Phi) is 4.70. The van der Waals surface area contributed by atoms with E-state index in [0.29, 0.717) is 12.1 Å². The largest absolute Gasteiger partial charge is 0.320 e. The molecule has 0 saturated heterocycles. The van der Waals surface area contributed by atoms with Crippen molar-refractivity contribution >= 4 is 10.0 Å². The maximum absolute atomic E-state index is 11.9. The van der Waals surface area contributed by atoms with Gasteiger partial charge in [0.2, 0.25) is 10.0 Å². The van der Waals surface area contributed by atoms with E-state index < -0.39 is 10.0 Å². The standard InChI is InChI=1S/C12H16N2O2S/c1-3-14-17(15,16)12-7-6-10(2)9-11(12)5-4-8-13/h6-7,9,14H,3,8,13H2,1-2H3. The van der Waals surface area contributed by atoms with Gasteiger partial charge in [0.25, 0.3) is 0 Å². The van der Waals surface area contributed by atoms with Crippen LogP contribution in [0, 0.1) is 18.8 Å². The molecule has 92 valence electrons. The molecule has 0 amide bonds. The summed E-state index contributed by atoms with van der Waals surface area (Å²) in [5.74, 6) is 5.46. The van der Waals surface area contributed by atoms with Gasteiger partial charge in [-0.05, 0) is 24.6 Å². The van der Waals surface area contributed by atoms with Crippen molar-refractivity contribution < 1.29 is 8.42 Å². The molecular weight excluding hydrogens is 236 g/mol. The maximum Gasteiger partial charge on any atom is 0.241 e. The summed E-state index contributed by atoms with van der Waals surface area (Å²) in [6.07, 6.45) is 0. The van der Waals surface area contributed by atoms with E-state index in [4.69, 9.17) is 5.73 Å². The molecule has 17 heavy (non-hydrogen) atoms. The molecule has 0 aliphatic rings. The number of aryl methyl sites for hydroxylation is 1. The highest BCUT2D eigenvalue weighted by Gasteiger charge is 2.16. The van der Waals surface area contributed by atoms with Crippen molar-refractivity contribution in [3.63, 3.8) is 0 Å². The normalized spacial score (nSPS) is 10.8. The minimum absolute atomic E-state index is 0.200. The molecule has 0 unspecified atom stereocenters. The fourth-order valence-corrected chi connectivity index (χ4v) is 2.57. The SMILES string of the molecule is CCNS(=O)(=O)c1ccc(C)cc1C#CCN. The first-order valence-electron chi connectivity index (χ1n) is 5.30. The Morgan fingerprint density at radius 3 is 2.71 bits per heavy atom. The molecule has 4 nitrogen and oxygen atoms in total. The Hall–Kier alpha value is -1.35. The zero-order valence-electron chi connectivity index (χ0n) is 9.95. The summed E-state index contributed by atoms with van der Waals surface area (Å²) in [6.45, 7) is 4.17. The van der Waals surface area contributed by atoms with Crippen LogP contribution in [0.5, 0.6) is 0 Å². The molecule has 3 N–H and O–H groups in total. The number of nitrogens with one attached hydrogen (secondary N) is 1. The molecule has 0 fully saturated rings. The molecule has 1 aromatic carbocycles. The molecule has 0 bridgehead atoms. The van der Waals surface area contributed by atoms with Gasteiger partial charge in [0.05, 0.1) is 11.4 Å². The van der Waals surface area contributed by atoms with E-state index in [1.54, 1.807) is 25.1 Å². The van der Waals surface area contributed by atoms with E-state index in [-0.39, 0.29) is 11.4 Å². The van der Waals surface area contributed by atoms with Crippen molar-refractivity contribution in [3.05, 3.63) is 29.3 Å². The lowest BCUT2D eigenvalue weighted by Gasteiger charge is -2.07. The predicted molar refractivity (Wildman–Crippen MR) is 68.0 cm³/mol. The van der Waals surface area contributed by atoms with Gasteiger partial charge in [-0.25, -0.2) is 13.1 Å². The summed E-state index contributed by atoms with van der Waals surface area (Å²) in [5, 5.41) is 0. The van der Waals surface area contributed by atoms with E-state index in [2.05, 4.69) is 16.6 Å². The Morgan fingerprint density at radius 2 is 2.12 bits per heavy atom. The lowest BCUT2D eigenvalue weighted by Crippen LogP contribution is -2.24. The van der Waals surface area contributed by atoms with Crippen LogP contribution in [0.25, 0.3) is 0 Å². The second kappa shape index (κ2) is 5.82. The predicted octanol–water partition coefficient (Wildman–Crippen LogP) is 0.603. The van der Waals surface area contributed by atoms with Crippen LogP contribution in [-0.2, 0) is 10.0 Å². The molecule has 0 spiro atoms. The van der Waals surface area contributed by atoms with Gasteiger partial charge in [-0.15, -0.1) is 0 Å². The highest BCUT2D eigenvalue weighted by atomic mass is 32.2. The quantitative estimate of drug-likeness (QED) is 0.774. The molecule has 1 aromatic rings. The Morgan fingerprint density at radius 1 is 1.41 bits per heavy atom. The van der Waals surface area contributed by atoms with Crippen LogP contribution in [-0.4, -0.2) is 21.5 Å². The molecule has 0 heterocycles. The molecular formula is C12H16N2O2S. The summed E-state index contributed by atoms with van der Waals surface area (Å²) in [7, 11) is -3.48. The van der Waals surface area contributed by atoms with Gasteiger partial charge in [0, 0.05) is 12.1 Å². The number of rotatable bonds is 3. The van der Waals surface area contributed by atoms with Gasteiger partial charge in [0.15, 0.2) is 0 Å². The van der Waals surface area contributed by atoms with Crippen molar-refractivity contribution in [1.82, 2.24) is 4.72 Å². The first-order chi connectivity index (χ1) is 8.01. The second-order valence-corrected chi connectivity index (χ2v) is 5.24. The van der Waals surface area contributed by atoms with Crippen LogP contribution in [0.1, 0.15) is 18.1 Å². The van der Waals surface area contributed by atoms with Crippen molar-refractivity contribution in [3.8, 4) is 11.8 Å². The van der Waals surface area contributed by atoms with Crippen molar-refractivity contribution in [2.24, 2.45) is 5.73 Å². The highest BCUT2D eigenvalue weighted by Crippen LogP contribution is 2.16. The fourth-order valence-electron chi connectivity index (χ4n) is 1.39. The summed E-state index contributed by atoms with van der Waals surface area (Å²) in [4.78, 5) is 0.200. The van der Waals surface area contributed by atoms with Gasteiger partial charge < -0.3 is 5.73 Å². The molecule has 0 aromatic heterocycles. The summed E-state index contributed by atoms with van der Waals surface area (Å²) in [5.41, 5.74) is 6.74. The van der Waals surface area contributed by atoms with Crippen LogP contribution in [0.4, 0.5) is 0 Å². The van der Waals surface area contributed by atoms with Crippen LogP contribution >= 0.6 is 0 Å². The molecule has 1 rings (SSSR count). The van der Waals surface area contributed by atoms with Gasteiger partial charge in [0.1, 0.15) is 0 Å². The summed E-state index contributed by atoms with van der Waals surface area (Å²) in [6, 6.07) is 5.05. The Balaban J connectivity index is 3.33. The number of hydrogen-bond donors (Lipinski definition) is 2. The van der Waals surface area contributed by atoms with Crippen LogP contribution < -0.4 is 10.5 Å². The topological polar surface area (TPSA) is 72.2 Å².